The van der Waals surface area contributed by atoms with Crippen molar-refractivity contribution in [3.8, 4) is 5.75 Å². The predicted molar refractivity (Wildman–Crippen MR) is 187 cm³/mol. The van der Waals surface area contributed by atoms with Gasteiger partial charge in [0.1, 0.15) is 21.2 Å². The fourth-order valence-electron chi connectivity index (χ4n) is 5.09. The van der Waals surface area contributed by atoms with E-state index in [0.29, 0.717) is 11.8 Å². The molecule has 0 aliphatic heterocycles. The van der Waals surface area contributed by atoms with Gasteiger partial charge < -0.3 is 20.8 Å². The molecule has 0 radical (unpaired) electrons. The van der Waals surface area contributed by atoms with E-state index < -0.39 is 68.8 Å². The van der Waals surface area contributed by atoms with Crippen LogP contribution in [0.5, 0.6) is 5.75 Å². The molecule has 0 fully saturated rings. The molecule has 0 aliphatic carbocycles. The summed E-state index contributed by atoms with van der Waals surface area (Å²) in [5, 5.41) is 34.5. The third-order valence-electron chi connectivity index (χ3n) is 7.33. The van der Waals surface area contributed by atoms with Crippen LogP contribution >= 0.6 is 11.6 Å². The van der Waals surface area contributed by atoms with Gasteiger partial charge in [0.25, 0.3) is 30.4 Å². The van der Waals surface area contributed by atoms with Crippen LogP contribution in [0.25, 0.3) is 21.5 Å². The van der Waals surface area contributed by atoms with Crippen LogP contribution in [-0.2, 0) is 37.0 Å². The third kappa shape index (κ3) is 7.61. The van der Waals surface area contributed by atoms with Gasteiger partial charge in [-0.1, -0.05) is 42.5 Å². The Labute approximate surface area is 298 Å². The van der Waals surface area contributed by atoms with E-state index in [1.807, 2.05) is 30.3 Å². The number of hydrogen-bond donors (Lipinski definition) is 7. The number of phenols is 1. The van der Waals surface area contributed by atoms with Crippen molar-refractivity contribution in [1.82, 2.24) is 15.0 Å². The lowest BCUT2D eigenvalue weighted by molar-refractivity contribution is 0.281. The Morgan fingerprint density at radius 2 is 1.33 bits per heavy atom. The number of rotatable bonds is 10. The van der Waals surface area contributed by atoms with Gasteiger partial charge in [-0.05, 0) is 64.3 Å². The van der Waals surface area contributed by atoms with E-state index in [1.165, 1.54) is 6.07 Å². The molecule has 22 heteroatoms. The normalized spacial score (nSPS) is 12.5. The van der Waals surface area contributed by atoms with Crippen molar-refractivity contribution in [2.45, 2.75) is 21.3 Å². The Kier molecular flexibility index (Phi) is 9.54. The molecule has 268 valence electrons. The van der Waals surface area contributed by atoms with Crippen LogP contribution in [0.4, 0.5) is 34.6 Å². The van der Waals surface area contributed by atoms with Gasteiger partial charge in [-0.15, -0.1) is 10.2 Å². The molecule has 6 rings (SSSR count). The van der Waals surface area contributed by atoms with Gasteiger partial charge >= 0.3 is 0 Å². The topological polar surface area (TPSA) is 291 Å². The summed E-state index contributed by atoms with van der Waals surface area (Å²) in [5.41, 5.74) is -1.26. The van der Waals surface area contributed by atoms with Crippen molar-refractivity contribution in [2.75, 3.05) is 10.6 Å². The van der Waals surface area contributed by atoms with Crippen molar-refractivity contribution in [3.63, 3.8) is 0 Å². The van der Waals surface area contributed by atoms with Gasteiger partial charge in [-0.3, -0.25) is 13.7 Å². The van der Waals surface area contributed by atoms with E-state index >= 15 is 0 Å². The van der Waals surface area contributed by atoms with E-state index in [4.69, 9.17) is 11.6 Å². The molecule has 0 bridgehead atoms. The average Bonchev–Trinajstić information content (AvgIpc) is 3.06. The number of hydrogen-bond acceptors (Lipinski definition) is 15. The van der Waals surface area contributed by atoms with E-state index in [1.54, 1.807) is 12.1 Å². The first kappa shape index (κ1) is 36.4. The summed E-state index contributed by atoms with van der Waals surface area (Å²) in [7, 11) is -15.3. The minimum absolute atomic E-state index is 0.0537. The Bertz CT molecular complexity index is 2800. The molecule has 0 aliphatic rings. The lowest BCUT2D eigenvalue weighted by atomic mass is 10.1. The van der Waals surface area contributed by atoms with Gasteiger partial charge in [0.15, 0.2) is 5.75 Å². The summed E-state index contributed by atoms with van der Waals surface area (Å²) >= 11 is 6.19. The molecule has 1 aromatic heterocycles. The van der Waals surface area contributed by atoms with E-state index in [9.17, 15) is 49.1 Å². The van der Waals surface area contributed by atoms with E-state index in [0.717, 1.165) is 35.0 Å². The first-order valence-corrected chi connectivity index (χ1v) is 19.0. The summed E-state index contributed by atoms with van der Waals surface area (Å²) in [6, 6.07) is 18.2. The number of phenolic OH excluding ortho intramolecular Hbond substituents is 1. The highest BCUT2D eigenvalue weighted by atomic mass is 35.5. The quantitative estimate of drug-likeness (QED) is 0.0650. The SMILES string of the molecule is O=S(=O)(O)c1cc(Nc2nc(Cl)nc(Nc3cccc4ccccc34)n2)c2c(O)c(N=Nc3ccc(CO)cc3S(=O)(=O)O)c(S(=O)(=O)O)cc2c1. The van der Waals surface area contributed by atoms with Gasteiger partial charge in [-0.25, -0.2) is 0 Å². The summed E-state index contributed by atoms with van der Waals surface area (Å²) in [6.07, 6.45) is 0. The fraction of sp³-hybridized carbons (Fsp3) is 0.0333. The maximum absolute atomic E-state index is 12.5. The number of fused-ring (bicyclic) bond motifs is 2. The molecular weight excluding hydrogens is 766 g/mol. The van der Waals surface area contributed by atoms with Crippen LogP contribution in [0.2, 0.25) is 5.28 Å². The van der Waals surface area contributed by atoms with Crippen molar-refractivity contribution < 1.29 is 49.1 Å². The van der Waals surface area contributed by atoms with Crippen molar-refractivity contribution in [1.29, 1.82) is 0 Å². The second-order valence-corrected chi connectivity index (χ2v) is 15.3. The third-order valence-corrected chi connectivity index (χ3v) is 10.1. The molecular formula is C30H22ClN7O11S3. The summed E-state index contributed by atoms with van der Waals surface area (Å²) < 4.78 is 103. The lowest BCUT2D eigenvalue weighted by Crippen LogP contribution is -2.06. The van der Waals surface area contributed by atoms with Crippen LogP contribution < -0.4 is 10.6 Å². The summed E-state index contributed by atoms with van der Waals surface area (Å²) in [4.78, 5) is 9.56. The fourth-order valence-corrected chi connectivity index (χ4v) is 7.12. The number of aromatic hydroxyl groups is 1. The number of azo groups is 1. The maximum atomic E-state index is 12.5. The van der Waals surface area contributed by atoms with Gasteiger partial charge in [0.05, 0.1) is 17.2 Å². The molecule has 1 heterocycles. The van der Waals surface area contributed by atoms with Gasteiger partial charge in [0, 0.05) is 16.5 Å². The first-order valence-electron chi connectivity index (χ1n) is 14.3. The van der Waals surface area contributed by atoms with Crippen LogP contribution in [0.15, 0.2) is 104 Å². The van der Waals surface area contributed by atoms with Crippen LogP contribution in [0.1, 0.15) is 5.56 Å². The average molecular weight is 788 g/mol. The van der Waals surface area contributed by atoms with Crippen molar-refractivity contribution >= 4 is 98.1 Å². The molecule has 0 amide bonds. The molecule has 5 aromatic carbocycles. The van der Waals surface area contributed by atoms with E-state index in [-0.39, 0.29) is 39.2 Å². The van der Waals surface area contributed by atoms with Crippen LogP contribution in [0, 0.1) is 0 Å². The minimum Gasteiger partial charge on any atom is -0.505 e. The zero-order chi connectivity index (χ0) is 37.6. The molecule has 7 N–H and O–H groups in total. The highest BCUT2D eigenvalue weighted by Crippen LogP contribution is 2.46. The zero-order valence-electron chi connectivity index (χ0n) is 25.7. The largest absolute Gasteiger partial charge is 0.505 e. The summed E-state index contributed by atoms with van der Waals surface area (Å²) in [5.74, 6) is -1.46. The minimum atomic E-state index is -5.28. The van der Waals surface area contributed by atoms with Gasteiger partial charge in [-0.2, -0.15) is 40.2 Å². The Hall–Kier alpha value is -5.39. The molecule has 0 atom stereocenters. The van der Waals surface area contributed by atoms with Crippen molar-refractivity contribution in [2.24, 2.45) is 10.2 Å². The number of aliphatic hydroxyl groups is 1. The zero-order valence-corrected chi connectivity index (χ0v) is 28.9. The standard InChI is InChI=1S/C30H22ClN7O11S3/c31-28-34-29(32-20-7-3-5-16-4-1-2-6-19(16)20)36-30(35-28)33-22-13-18(50(41,42)43)11-17-12-24(52(47,48)49)26(27(40)25(17)22)38-37-21-9-8-15(14-39)10-23(21)51(44,45)46/h1-13,39-40H,14H2,(H,41,42,43)(H,44,45,46)(H,47,48,49)(H2,32,33,34,35,36). The second kappa shape index (κ2) is 13.6. The number of benzene rings is 5. The maximum Gasteiger partial charge on any atom is 0.296 e. The predicted octanol–water partition coefficient (Wildman–Crippen LogP) is 5.67. The summed E-state index contributed by atoms with van der Waals surface area (Å²) in [6.45, 7) is -0.618. The molecule has 52 heavy (non-hydrogen) atoms. The number of anilines is 4. The second-order valence-electron chi connectivity index (χ2n) is 10.8. The molecule has 0 saturated heterocycles. The van der Waals surface area contributed by atoms with E-state index in [2.05, 4.69) is 35.8 Å². The Morgan fingerprint density at radius 3 is 1.98 bits per heavy atom. The van der Waals surface area contributed by atoms with Crippen LogP contribution in [0.3, 0.4) is 0 Å². The Morgan fingerprint density at radius 1 is 0.673 bits per heavy atom. The number of aliphatic hydroxyl groups excluding tert-OH is 1. The molecule has 0 saturated carbocycles. The van der Waals surface area contributed by atoms with Crippen molar-refractivity contribution in [3.05, 3.63) is 89.7 Å². The number of nitrogens with zero attached hydrogens (tertiary/aromatic N) is 5. The monoisotopic (exact) mass is 787 g/mol. The number of nitrogens with one attached hydrogen (secondary N) is 2. The van der Waals surface area contributed by atoms with Crippen LogP contribution in [-0.4, -0.2) is 64.1 Å². The number of halogens is 1. The first-order chi connectivity index (χ1) is 24.4. The highest BCUT2D eigenvalue weighted by molar-refractivity contribution is 7.86. The smallest absolute Gasteiger partial charge is 0.296 e. The molecule has 18 nitrogen and oxygen atoms in total. The Balaban J connectivity index is 1.53. The number of aromatic nitrogens is 3. The lowest BCUT2D eigenvalue weighted by Gasteiger charge is -2.15. The highest BCUT2D eigenvalue weighted by Gasteiger charge is 2.26. The molecule has 0 spiro atoms. The molecule has 0 unspecified atom stereocenters. The molecule has 6 aromatic rings. The van der Waals surface area contributed by atoms with Gasteiger partial charge in [0.2, 0.25) is 17.2 Å².